The molecule has 3 rings (SSSR count). The van der Waals surface area contributed by atoms with Crippen molar-refractivity contribution in [1.29, 1.82) is 0 Å². The average molecular weight is 399 g/mol. The Morgan fingerprint density at radius 3 is 2.76 bits per heavy atom. The standard InChI is InChI=1S/C21H22FN3O4/c1-23-21(26)20(25-28-3)19-14(5-4-6-17(19)22)12-29-24-18-10-8-13-7-9-15(27-2)11-16(13)18/h4-7,9,11H,8,10,12H2,1-3H3,(H,23,26). The predicted molar refractivity (Wildman–Crippen MR) is 107 cm³/mol. The van der Waals surface area contributed by atoms with Gasteiger partial charge in [0.2, 0.25) is 0 Å². The highest BCUT2D eigenvalue weighted by atomic mass is 19.1. The van der Waals surface area contributed by atoms with Crippen molar-refractivity contribution in [1.82, 2.24) is 5.32 Å². The van der Waals surface area contributed by atoms with Crippen LogP contribution in [0.1, 0.15) is 28.7 Å². The van der Waals surface area contributed by atoms with E-state index in [1.54, 1.807) is 13.2 Å². The lowest BCUT2D eigenvalue weighted by molar-refractivity contribution is -0.114. The summed E-state index contributed by atoms with van der Waals surface area (Å²) < 4.78 is 19.8. The van der Waals surface area contributed by atoms with E-state index in [1.807, 2.05) is 18.2 Å². The predicted octanol–water partition coefficient (Wildman–Crippen LogP) is 2.80. The fourth-order valence-electron chi connectivity index (χ4n) is 3.20. The van der Waals surface area contributed by atoms with Crippen LogP contribution in [0.25, 0.3) is 0 Å². The highest BCUT2D eigenvalue weighted by Crippen LogP contribution is 2.27. The SMILES string of the molecule is CNC(=O)C(=NOC)c1c(F)cccc1CON=C1CCc2ccc(OC)cc21. The summed E-state index contributed by atoms with van der Waals surface area (Å²) in [4.78, 5) is 22.4. The normalized spacial score (nSPS) is 14.5. The average Bonchev–Trinajstić information content (AvgIpc) is 3.14. The van der Waals surface area contributed by atoms with Crippen LogP contribution in [0, 0.1) is 5.82 Å². The van der Waals surface area contributed by atoms with E-state index in [-0.39, 0.29) is 17.9 Å². The minimum absolute atomic E-state index is 0.0161. The largest absolute Gasteiger partial charge is 0.497 e. The Morgan fingerprint density at radius 1 is 1.21 bits per heavy atom. The second-order valence-electron chi connectivity index (χ2n) is 6.31. The van der Waals surface area contributed by atoms with Gasteiger partial charge in [-0.1, -0.05) is 28.5 Å². The number of fused-ring (bicyclic) bond motifs is 1. The van der Waals surface area contributed by atoms with Crippen LogP contribution in [0.3, 0.4) is 0 Å². The summed E-state index contributed by atoms with van der Waals surface area (Å²) in [5.41, 5.74) is 3.23. The number of nitrogens with one attached hydrogen (secondary N) is 1. The number of ether oxygens (including phenoxy) is 1. The number of carbonyl (C=O) groups excluding carboxylic acids is 1. The molecule has 7 nitrogen and oxygen atoms in total. The molecule has 1 aliphatic carbocycles. The molecular weight excluding hydrogens is 377 g/mol. The number of likely N-dealkylation sites (N-methyl/N-ethyl adjacent to an activating group) is 1. The summed E-state index contributed by atoms with van der Waals surface area (Å²) in [5, 5.41) is 10.4. The number of nitrogens with zero attached hydrogens (tertiary/aromatic N) is 2. The third-order valence-electron chi connectivity index (χ3n) is 4.62. The molecule has 1 aliphatic rings. The quantitative estimate of drug-likeness (QED) is 0.573. The second kappa shape index (κ2) is 9.18. The van der Waals surface area contributed by atoms with E-state index >= 15 is 0 Å². The van der Waals surface area contributed by atoms with Gasteiger partial charge in [-0.3, -0.25) is 4.79 Å². The number of aryl methyl sites for hydroxylation is 1. The first-order valence-electron chi connectivity index (χ1n) is 9.06. The van der Waals surface area contributed by atoms with Crippen molar-refractivity contribution in [2.24, 2.45) is 10.3 Å². The Hall–Kier alpha value is -3.42. The molecule has 0 heterocycles. The zero-order valence-electron chi connectivity index (χ0n) is 16.5. The Balaban J connectivity index is 1.85. The topological polar surface area (TPSA) is 81.5 Å². The number of halogens is 1. The molecule has 1 N–H and O–H groups in total. The van der Waals surface area contributed by atoms with Crippen molar-refractivity contribution in [3.05, 3.63) is 64.5 Å². The Labute approximate surface area is 168 Å². The van der Waals surface area contributed by atoms with Gasteiger partial charge in [-0.05, 0) is 36.6 Å². The lowest BCUT2D eigenvalue weighted by Gasteiger charge is -2.11. The molecule has 2 aromatic carbocycles. The van der Waals surface area contributed by atoms with Crippen molar-refractivity contribution in [2.75, 3.05) is 21.3 Å². The van der Waals surface area contributed by atoms with Crippen LogP contribution in [-0.2, 0) is 27.5 Å². The first-order valence-corrected chi connectivity index (χ1v) is 9.06. The molecule has 8 heteroatoms. The maximum atomic E-state index is 14.5. The molecule has 29 heavy (non-hydrogen) atoms. The van der Waals surface area contributed by atoms with E-state index in [9.17, 15) is 9.18 Å². The smallest absolute Gasteiger partial charge is 0.273 e. The lowest BCUT2D eigenvalue weighted by atomic mass is 10.0. The third-order valence-corrected chi connectivity index (χ3v) is 4.62. The van der Waals surface area contributed by atoms with Gasteiger partial charge < -0.3 is 19.7 Å². The minimum atomic E-state index is -0.603. The number of carbonyl (C=O) groups is 1. The van der Waals surface area contributed by atoms with Crippen molar-refractivity contribution in [2.45, 2.75) is 19.4 Å². The van der Waals surface area contributed by atoms with E-state index in [2.05, 4.69) is 15.6 Å². The van der Waals surface area contributed by atoms with Gasteiger partial charge >= 0.3 is 0 Å². The van der Waals surface area contributed by atoms with Crippen molar-refractivity contribution < 1.29 is 23.6 Å². The van der Waals surface area contributed by atoms with Crippen LogP contribution >= 0.6 is 0 Å². The Bertz CT molecular complexity index is 972. The highest BCUT2D eigenvalue weighted by Gasteiger charge is 2.23. The summed E-state index contributed by atoms with van der Waals surface area (Å²) >= 11 is 0. The van der Waals surface area contributed by atoms with Crippen LogP contribution in [0.2, 0.25) is 0 Å². The maximum Gasteiger partial charge on any atom is 0.273 e. The number of rotatable bonds is 7. The first-order chi connectivity index (χ1) is 14.1. The number of benzene rings is 2. The van der Waals surface area contributed by atoms with Crippen LogP contribution in [-0.4, -0.2) is 38.6 Å². The van der Waals surface area contributed by atoms with Gasteiger partial charge in [-0.15, -0.1) is 0 Å². The molecule has 2 aromatic rings. The zero-order valence-corrected chi connectivity index (χ0v) is 16.5. The van der Waals surface area contributed by atoms with Crippen molar-refractivity contribution in [3.63, 3.8) is 0 Å². The number of hydrogen-bond acceptors (Lipinski definition) is 6. The van der Waals surface area contributed by atoms with Crippen molar-refractivity contribution >= 4 is 17.3 Å². The van der Waals surface area contributed by atoms with Crippen molar-refractivity contribution in [3.8, 4) is 5.75 Å². The molecular formula is C21H22FN3O4. The maximum absolute atomic E-state index is 14.5. The molecule has 0 atom stereocenters. The van der Waals surface area contributed by atoms with Gasteiger partial charge in [0.05, 0.1) is 18.4 Å². The monoisotopic (exact) mass is 399 g/mol. The Morgan fingerprint density at radius 2 is 2.03 bits per heavy atom. The molecule has 152 valence electrons. The van der Waals surface area contributed by atoms with Gasteiger partial charge in [-0.25, -0.2) is 4.39 Å². The molecule has 0 aliphatic heterocycles. The Kier molecular flexibility index (Phi) is 6.43. The summed E-state index contributed by atoms with van der Waals surface area (Å²) in [6.07, 6.45) is 1.61. The zero-order chi connectivity index (χ0) is 20.8. The van der Waals surface area contributed by atoms with Gasteiger partial charge in [-0.2, -0.15) is 0 Å². The molecule has 0 saturated carbocycles. The minimum Gasteiger partial charge on any atom is -0.497 e. The van der Waals surface area contributed by atoms with E-state index in [1.165, 1.54) is 31.9 Å². The number of hydrogen-bond donors (Lipinski definition) is 1. The van der Waals surface area contributed by atoms with Crippen LogP contribution in [0.15, 0.2) is 46.7 Å². The van der Waals surface area contributed by atoms with E-state index in [0.29, 0.717) is 5.56 Å². The van der Waals surface area contributed by atoms with Crippen LogP contribution < -0.4 is 10.1 Å². The molecule has 0 spiro atoms. The lowest BCUT2D eigenvalue weighted by Crippen LogP contribution is -2.30. The summed E-state index contributed by atoms with van der Waals surface area (Å²) in [6, 6.07) is 10.3. The van der Waals surface area contributed by atoms with Gasteiger partial charge in [0.1, 0.15) is 25.3 Å². The fraction of sp³-hybridized carbons (Fsp3) is 0.286. The molecule has 0 unspecified atom stereocenters. The third kappa shape index (κ3) is 4.37. The molecule has 1 amide bonds. The molecule has 0 radical (unpaired) electrons. The molecule has 0 saturated heterocycles. The van der Waals surface area contributed by atoms with Crippen LogP contribution in [0.5, 0.6) is 5.75 Å². The van der Waals surface area contributed by atoms with E-state index in [0.717, 1.165) is 29.9 Å². The first kappa shape index (κ1) is 20.3. The summed E-state index contributed by atoms with van der Waals surface area (Å²) in [7, 11) is 4.33. The molecule has 0 aromatic heterocycles. The van der Waals surface area contributed by atoms with Gasteiger partial charge in [0.25, 0.3) is 5.91 Å². The number of oxime groups is 2. The highest BCUT2D eigenvalue weighted by molar-refractivity contribution is 6.45. The molecule has 0 fully saturated rings. The molecule has 0 bridgehead atoms. The van der Waals surface area contributed by atoms with Gasteiger partial charge in [0.15, 0.2) is 5.71 Å². The second-order valence-corrected chi connectivity index (χ2v) is 6.31. The number of methoxy groups -OCH3 is 1. The fourth-order valence-corrected chi connectivity index (χ4v) is 3.20. The van der Waals surface area contributed by atoms with E-state index < -0.39 is 11.7 Å². The summed E-state index contributed by atoms with van der Waals surface area (Å²) in [6.45, 7) is -0.0321. The van der Waals surface area contributed by atoms with E-state index in [4.69, 9.17) is 14.4 Å². The van der Waals surface area contributed by atoms with Gasteiger partial charge in [0, 0.05) is 18.2 Å². The summed E-state index contributed by atoms with van der Waals surface area (Å²) in [5.74, 6) is -0.424. The number of amides is 1. The van der Waals surface area contributed by atoms with Crippen LogP contribution in [0.4, 0.5) is 4.39 Å².